The molecule has 8 rings (SSSR count). The number of fused-ring (bicyclic) bond motifs is 4. The predicted molar refractivity (Wildman–Crippen MR) is 159 cm³/mol. The molecule has 6 heteroatoms. The molecule has 0 bridgehead atoms. The van der Waals surface area contributed by atoms with E-state index in [1.165, 1.54) is 0 Å². The summed E-state index contributed by atoms with van der Waals surface area (Å²) in [4.78, 5) is 13.9. The lowest BCUT2D eigenvalue weighted by Gasteiger charge is -2.11. The molecule has 0 aliphatic carbocycles. The Balaban J connectivity index is 1.40. The number of rotatable bonds is 4. The van der Waals surface area contributed by atoms with Gasteiger partial charge in [-0.15, -0.1) is 0 Å². The summed E-state index contributed by atoms with van der Waals surface area (Å²) in [6.45, 7) is 0. The maximum atomic E-state index is 5.62. The average Bonchev–Trinajstić information content (AvgIpc) is 3.74. The van der Waals surface area contributed by atoms with Gasteiger partial charge in [-0.2, -0.15) is 0 Å². The average molecular weight is 518 g/mol. The molecule has 0 amide bonds. The van der Waals surface area contributed by atoms with Gasteiger partial charge in [0.15, 0.2) is 0 Å². The Morgan fingerprint density at radius 3 is 2.38 bits per heavy atom. The highest BCUT2D eigenvalue weighted by Crippen LogP contribution is 2.37. The molecule has 40 heavy (non-hydrogen) atoms. The van der Waals surface area contributed by atoms with Gasteiger partial charge in [0.25, 0.3) is 0 Å². The lowest BCUT2D eigenvalue weighted by Crippen LogP contribution is -1.96. The van der Waals surface area contributed by atoms with Crippen LogP contribution in [0.25, 0.3) is 72.6 Å². The standard InChI is InChI=1S/C34H23N5O/c1-38-31-11-3-2-10-29(31)37-33(38)23-12-14-26-27-20-24(34-36-17-18-40-34)13-15-30(27)39(32(26)21-23)25-8-6-7-22(19-25)28-9-4-5-16-35-28/h2-21H,1H3. The van der Waals surface area contributed by atoms with Crippen molar-refractivity contribution < 1.29 is 4.42 Å². The van der Waals surface area contributed by atoms with Crippen LogP contribution in [-0.2, 0) is 7.05 Å². The summed E-state index contributed by atoms with van der Waals surface area (Å²) >= 11 is 0. The Morgan fingerprint density at radius 2 is 1.52 bits per heavy atom. The molecule has 0 aliphatic heterocycles. The molecule has 4 heterocycles. The summed E-state index contributed by atoms with van der Waals surface area (Å²) in [5, 5.41) is 2.28. The molecular formula is C34H23N5O. The van der Waals surface area contributed by atoms with Crippen LogP contribution >= 0.6 is 0 Å². The minimum atomic E-state index is 0.608. The van der Waals surface area contributed by atoms with Crippen LogP contribution in [0.5, 0.6) is 0 Å². The Morgan fingerprint density at radius 1 is 0.625 bits per heavy atom. The van der Waals surface area contributed by atoms with Gasteiger partial charge in [-0.05, 0) is 60.7 Å². The molecule has 0 saturated carbocycles. The van der Waals surface area contributed by atoms with Crippen molar-refractivity contribution in [3.63, 3.8) is 0 Å². The first-order chi connectivity index (χ1) is 19.7. The molecule has 6 nitrogen and oxygen atoms in total. The number of aryl methyl sites for hydroxylation is 1. The molecule has 4 aromatic carbocycles. The Hall–Kier alpha value is -5.49. The maximum Gasteiger partial charge on any atom is 0.225 e. The minimum absolute atomic E-state index is 0.608. The first kappa shape index (κ1) is 22.5. The van der Waals surface area contributed by atoms with E-state index in [4.69, 9.17) is 9.40 Å². The molecule has 8 aromatic rings. The molecular weight excluding hydrogens is 494 g/mol. The fourth-order valence-corrected chi connectivity index (χ4v) is 5.68. The molecule has 0 atom stereocenters. The van der Waals surface area contributed by atoms with Crippen molar-refractivity contribution in [3.8, 4) is 39.8 Å². The SMILES string of the molecule is Cn1c(-c2ccc3c4cc(-c5ncco5)ccc4n(-c4cccc(-c5ccccn5)c4)c3c2)nc2ccccc21. The van der Waals surface area contributed by atoms with Crippen LogP contribution in [0.1, 0.15) is 0 Å². The Bertz CT molecular complexity index is 2170. The smallest absolute Gasteiger partial charge is 0.225 e. The van der Waals surface area contributed by atoms with Crippen LogP contribution in [0.3, 0.4) is 0 Å². The van der Waals surface area contributed by atoms with Crippen LogP contribution in [0, 0.1) is 0 Å². The van der Waals surface area contributed by atoms with Crippen molar-refractivity contribution in [2.75, 3.05) is 0 Å². The second-order valence-electron chi connectivity index (χ2n) is 9.88. The zero-order valence-corrected chi connectivity index (χ0v) is 21.7. The molecule has 0 radical (unpaired) electrons. The topological polar surface area (TPSA) is 61.7 Å². The highest BCUT2D eigenvalue weighted by molar-refractivity contribution is 6.11. The van der Waals surface area contributed by atoms with Crippen molar-refractivity contribution in [2.24, 2.45) is 7.05 Å². The van der Waals surface area contributed by atoms with Gasteiger partial charge in [-0.1, -0.05) is 42.5 Å². The van der Waals surface area contributed by atoms with Crippen molar-refractivity contribution in [2.45, 2.75) is 0 Å². The van der Waals surface area contributed by atoms with Crippen molar-refractivity contribution in [1.29, 1.82) is 0 Å². The van der Waals surface area contributed by atoms with Gasteiger partial charge in [0.2, 0.25) is 5.89 Å². The molecule has 190 valence electrons. The number of aromatic nitrogens is 5. The van der Waals surface area contributed by atoms with Gasteiger partial charge in [0.1, 0.15) is 12.1 Å². The number of para-hydroxylation sites is 2. The Labute approximate surface area is 229 Å². The van der Waals surface area contributed by atoms with E-state index in [-0.39, 0.29) is 0 Å². The third-order valence-corrected chi connectivity index (χ3v) is 7.56. The fourth-order valence-electron chi connectivity index (χ4n) is 5.68. The van der Waals surface area contributed by atoms with E-state index in [2.05, 4.69) is 105 Å². The summed E-state index contributed by atoms with van der Waals surface area (Å²) < 4.78 is 10.1. The van der Waals surface area contributed by atoms with E-state index in [1.54, 1.807) is 12.5 Å². The highest BCUT2D eigenvalue weighted by atomic mass is 16.3. The van der Waals surface area contributed by atoms with Gasteiger partial charge in [0, 0.05) is 46.4 Å². The summed E-state index contributed by atoms with van der Waals surface area (Å²) in [5.41, 5.74) is 9.37. The van der Waals surface area contributed by atoms with Gasteiger partial charge in [-0.3, -0.25) is 4.98 Å². The second kappa shape index (κ2) is 8.78. The van der Waals surface area contributed by atoms with Crippen LogP contribution in [-0.4, -0.2) is 24.1 Å². The third kappa shape index (κ3) is 3.47. The largest absolute Gasteiger partial charge is 0.445 e. The third-order valence-electron chi connectivity index (χ3n) is 7.56. The summed E-state index contributed by atoms with van der Waals surface area (Å²) in [5.74, 6) is 1.54. The van der Waals surface area contributed by atoms with Crippen molar-refractivity contribution >= 4 is 32.8 Å². The van der Waals surface area contributed by atoms with E-state index in [0.717, 1.165) is 66.7 Å². The zero-order valence-electron chi connectivity index (χ0n) is 21.7. The van der Waals surface area contributed by atoms with Gasteiger partial charge < -0.3 is 13.6 Å². The number of oxazole rings is 1. The zero-order chi connectivity index (χ0) is 26.6. The maximum absolute atomic E-state index is 5.62. The number of pyridine rings is 1. The van der Waals surface area contributed by atoms with Crippen molar-refractivity contribution in [3.05, 3.63) is 122 Å². The number of benzene rings is 4. The van der Waals surface area contributed by atoms with Crippen molar-refractivity contribution in [1.82, 2.24) is 24.1 Å². The van der Waals surface area contributed by atoms with E-state index in [0.29, 0.717) is 5.89 Å². The van der Waals surface area contributed by atoms with E-state index in [9.17, 15) is 0 Å². The molecule has 0 spiro atoms. The van der Waals surface area contributed by atoms with Gasteiger partial charge in [-0.25, -0.2) is 9.97 Å². The molecule has 0 N–H and O–H groups in total. The Kier molecular flexibility index (Phi) is 4.94. The molecule has 0 unspecified atom stereocenters. The van der Waals surface area contributed by atoms with E-state index < -0.39 is 0 Å². The first-order valence-electron chi connectivity index (χ1n) is 13.2. The number of hydrogen-bond donors (Lipinski definition) is 0. The highest BCUT2D eigenvalue weighted by Gasteiger charge is 2.18. The van der Waals surface area contributed by atoms with Crippen LogP contribution in [0.4, 0.5) is 0 Å². The van der Waals surface area contributed by atoms with E-state index >= 15 is 0 Å². The number of nitrogens with zero attached hydrogens (tertiary/aromatic N) is 5. The van der Waals surface area contributed by atoms with E-state index in [1.807, 2.05) is 30.5 Å². The van der Waals surface area contributed by atoms with Crippen LogP contribution in [0.15, 0.2) is 126 Å². The lowest BCUT2D eigenvalue weighted by atomic mass is 10.1. The predicted octanol–water partition coefficient (Wildman–Crippen LogP) is 8.05. The number of imidazole rings is 1. The summed E-state index contributed by atoms with van der Waals surface area (Å²) in [7, 11) is 2.07. The van der Waals surface area contributed by atoms with Gasteiger partial charge in [0.05, 0.1) is 34.0 Å². The molecule has 0 fully saturated rings. The molecule has 0 aliphatic rings. The van der Waals surface area contributed by atoms with Crippen LogP contribution in [0.2, 0.25) is 0 Å². The fraction of sp³-hybridized carbons (Fsp3) is 0.0294. The monoisotopic (exact) mass is 517 g/mol. The number of hydrogen-bond acceptors (Lipinski definition) is 4. The summed E-state index contributed by atoms with van der Waals surface area (Å²) in [6.07, 6.45) is 5.11. The molecule has 0 saturated heterocycles. The minimum Gasteiger partial charge on any atom is -0.445 e. The normalized spacial score (nSPS) is 11.6. The first-order valence-corrected chi connectivity index (χ1v) is 13.2. The van der Waals surface area contributed by atoms with Gasteiger partial charge >= 0.3 is 0 Å². The quantitative estimate of drug-likeness (QED) is 0.237. The summed E-state index contributed by atoms with van der Waals surface area (Å²) in [6, 6.07) is 35.8. The second-order valence-corrected chi connectivity index (χ2v) is 9.88. The molecule has 4 aromatic heterocycles. The lowest BCUT2D eigenvalue weighted by molar-refractivity contribution is 0.574. The van der Waals surface area contributed by atoms with Crippen LogP contribution < -0.4 is 0 Å².